The van der Waals surface area contributed by atoms with Crippen molar-refractivity contribution in [2.75, 3.05) is 13.1 Å². The molecule has 2 aromatic heterocycles. The minimum Gasteiger partial charge on any atom is -0.390 e. The van der Waals surface area contributed by atoms with Gasteiger partial charge < -0.3 is 10.0 Å². The van der Waals surface area contributed by atoms with Gasteiger partial charge in [-0.1, -0.05) is 0 Å². The molecule has 0 spiro atoms. The smallest absolute Gasteiger partial charge is 0.257 e. The van der Waals surface area contributed by atoms with Crippen molar-refractivity contribution in [1.29, 1.82) is 0 Å². The van der Waals surface area contributed by atoms with Crippen molar-refractivity contribution >= 4 is 11.6 Å². The normalized spacial score (nSPS) is 18.2. The lowest BCUT2D eigenvalue weighted by Gasteiger charge is -2.35. The molecule has 6 heteroatoms. The van der Waals surface area contributed by atoms with Gasteiger partial charge in [-0.2, -0.15) is 5.10 Å². The predicted octanol–water partition coefficient (Wildman–Crippen LogP) is 1.33. The fraction of sp³-hybridized carbons (Fsp3) is 0.533. The first-order valence-corrected chi connectivity index (χ1v) is 7.21. The molecule has 0 unspecified atom stereocenters. The van der Waals surface area contributed by atoms with Gasteiger partial charge in [-0.25, -0.2) is 9.50 Å². The van der Waals surface area contributed by atoms with E-state index in [0.29, 0.717) is 31.5 Å². The molecule has 0 atom stereocenters. The summed E-state index contributed by atoms with van der Waals surface area (Å²) < 4.78 is 1.71. The van der Waals surface area contributed by atoms with E-state index in [9.17, 15) is 9.90 Å². The molecule has 0 aromatic carbocycles. The average molecular weight is 288 g/mol. The maximum absolute atomic E-state index is 12.6. The first-order chi connectivity index (χ1) is 9.87. The molecule has 1 saturated heterocycles. The van der Waals surface area contributed by atoms with Crippen molar-refractivity contribution in [2.45, 2.75) is 39.2 Å². The second-order valence-corrected chi connectivity index (χ2v) is 6.10. The predicted molar refractivity (Wildman–Crippen MR) is 78.2 cm³/mol. The molecule has 1 aliphatic heterocycles. The summed E-state index contributed by atoms with van der Waals surface area (Å²) in [4.78, 5) is 18.7. The molecule has 1 amide bonds. The van der Waals surface area contributed by atoms with E-state index < -0.39 is 5.60 Å². The van der Waals surface area contributed by atoms with Crippen LogP contribution in [0.25, 0.3) is 5.65 Å². The third-order valence-electron chi connectivity index (χ3n) is 4.20. The van der Waals surface area contributed by atoms with E-state index in [0.717, 1.165) is 17.0 Å². The minimum atomic E-state index is -0.660. The number of fused-ring (bicyclic) bond motifs is 1. The van der Waals surface area contributed by atoms with Gasteiger partial charge in [-0.3, -0.25) is 4.79 Å². The van der Waals surface area contributed by atoms with E-state index in [1.54, 1.807) is 15.6 Å². The number of aromatic nitrogens is 3. The van der Waals surface area contributed by atoms with Crippen LogP contribution in [0.3, 0.4) is 0 Å². The second-order valence-electron chi connectivity index (χ2n) is 6.10. The number of rotatable bonds is 1. The lowest BCUT2D eigenvalue weighted by Crippen LogP contribution is -2.45. The van der Waals surface area contributed by atoms with E-state index in [1.807, 2.05) is 26.8 Å². The molecule has 3 heterocycles. The molecule has 0 aliphatic carbocycles. The van der Waals surface area contributed by atoms with Gasteiger partial charge in [0.2, 0.25) is 0 Å². The van der Waals surface area contributed by atoms with E-state index in [2.05, 4.69) is 10.1 Å². The van der Waals surface area contributed by atoms with Crippen LogP contribution in [0.4, 0.5) is 0 Å². The van der Waals surface area contributed by atoms with Crippen LogP contribution in [0.2, 0.25) is 0 Å². The van der Waals surface area contributed by atoms with Crippen molar-refractivity contribution in [2.24, 2.45) is 0 Å². The van der Waals surface area contributed by atoms with Crippen molar-refractivity contribution in [3.63, 3.8) is 0 Å². The van der Waals surface area contributed by atoms with Gasteiger partial charge in [0.05, 0.1) is 22.6 Å². The Bertz CT molecular complexity index is 695. The van der Waals surface area contributed by atoms with Crippen LogP contribution in [-0.2, 0) is 0 Å². The number of aryl methyl sites for hydroxylation is 2. The Kier molecular flexibility index (Phi) is 3.20. The fourth-order valence-electron chi connectivity index (χ4n) is 2.73. The lowest BCUT2D eigenvalue weighted by atomic mass is 9.93. The highest BCUT2D eigenvalue weighted by molar-refractivity contribution is 5.95. The molecule has 6 nitrogen and oxygen atoms in total. The molecule has 1 aliphatic rings. The fourth-order valence-corrected chi connectivity index (χ4v) is 2.73. The molecule has 0 radical (unpaired) electrons. The summed E-state index contributed by atoms with van der Waals surface area (Å²) in [5.41, 5.74) is 2.35. The van der Waals surface area contributed by atoms with Crippen LogP contribution in [-0.4, -0.2) is 49.2 Å². The number of amides is 1. The molecule has 1 fully saturated rings. The monoisotopic (exact) mass is 288 g/mol. The molecular formula is C15H20N4O2. The number of carbonyl (C=O) groups excluding carboxylic acids is 1. The Morgan fingerprint density at radius 2 is 2.00 bits per heavy atom. The van der Waals surface area contributed by atoms with Crippen LogP contribution in [0.5, 0.6) is 0 Å². The summed E-state index contributed by atoms with van der Waals surface area (Å²) in [7, 11) is 0. The van der Waals surface area contributed by atoms with Gasteiger partial charge in [0, 0.05) is 25.4 Å². The Balaban J connectivity index is 1.90. The molecule has 3 rings (SSSR count). The lowest BCUT2D eigenvalue weighted by molar-refractivity contribution is -0.00207. The van der Waals surface area contributed by atoms with Crippen molar-refractivity contribution < 1.29 is 9.90 Å². The maximum Gasteiger partial charge on any atom is 0.257 e. The number of nitrogens with zero attached hydrogens (tertiary/aromatic N) is 4. The van der Waals surface area contributed by atoms with Crippen LogP contribution in [0.15, 0.2) is 12.3 Å². The molecule has 112 valence electrons. The van der Waals surface area contributed by atoms with Gasteiger partial charge in [0.25, 0.3) is 5.91 Å². The molecule has 0 bridgehead atoms. The summed E-state index contributed by atoms with van der Waals surface area (Å²) in [6.07, 6.45) is 2.84. The maximum atomic E-state index is 12.6. The molecular weight excluding hydrogens is 268 g/mol. The first kappa shape index (κ1) is 14.0. The van der Waals surface area contributed by atoms with E-state index in [1.165, 1.54) is 0 Å². The van der Waals surface area contributed by atoms with Gasteiger partial charge in [0.1, 0.15) is 0 Å². The van der Waals surface area contributed by atoms with E-state index in [4.69, 9.17) is 0 Å². The van der Waals surface area contributed by atoms with Gasteiger partial charge in [0.15, 0.2) is 5.65 Å². The van der Waals surface area contributed by atoms with Crippen molar-refractivity contribution in [1.82, 2.24) is 19.5 Å². The van der Waals surface area contributed by atoms with Crippen LogP contribution >= 0.6 is 0 Å². The van der Waals surface area contributed by atoms with Crippen molar-refractivity contribution in [3.05, 3.63) is 29.2 Å². The Labute approximate surface area is 123 Å². The standard InChI is InChI=1S/C15H20N4O2/c1-10-8-13-16-9-12(11(2)19(13)17-10)14(20)18-6-4-15(3,21)5-7-18/h8-9,21H,4-7H2,1-3H3. The zero-order chi connectivity index (χ0) is 15.2. The summed E-state index contributed by atoms with van der Waals surface area (Å²) in [5.74, 6) is -0.0365. The summed E-state index contributed by atoms with van der Waals surface area (Å²) >= 11 is 0. The topological polar surface area (TPSA) is 70.7 Å². The zero-order valence-electron chi connectivity index (χ0n) is 12.6. The summed E-state index contributed by atoms with van der Waals surface area (Å²) in [6.45, 7) is 6.75. The molecule has 21 heavy (non-hydrogen) atoms. The largest absolute Gasteiger partial charge is 0.390 e. The first-order valence-electron chi connectivity index (χ1n) is 7.21. The Morgan fingerprint density at radius 3 is 2.67 bits per heavy atom. The van der Waals surface area contributed by atoms with Gasteiger partial charge >= 0.3 is 0 Å². The highest BCUT2D eigenvalue weighted by Gasteiger charge is 2.30. The summed E-state index contributed by atoms with van der Waals surface area (Å²) in [6, 6.07) is 1.89. The Hall–Kier alpha value is -1.95. The zero-order valence-corrected chi connectivity index (χ0v) is 12.6. The summed E-state index contributed by atoms with van der Waals surface area (Å²) in [5, 5.41) is 14.3. The number of carbonyl (C=O) groups is 1. The minimum absolute atomic E-state index is 0.0365. The van der Waals surface area contributed by atoms with Gasteiger partial charge in [-0.05, 0) is 33.6 Å². The van der Waals surface area contributed by atoms with Gasteiger partial charge in [-0.15, -0.1) is 0 Å². The molecule has 1 N–H and O–H groups in total. The third kappa shape index (κ3) is 2.51. The number of hydrogen-bond acceptors (Lipinski definition) is 4. The number of likely N-dealkylation sites (tertiary alicyclic amines) is 1. The molecule has 2 aromatic rings. The van der Waals surface area contributed by atoms with Crippen molar-refractivity contribution in [3.8, 4) is 0 Å². The quantitative estimate of drug-likeness (QED) is 0.859. The SMILES string of the molecule is Cc1cc2ncc(C(=O)N3CCC(C)(O)CC3)c(C)n2n1. The van der Waals surface area contributed by atoms with E-state index in [-0.39, 0.29) is 5.91 Å². The third-order valence-corrected chi connectivity index (χ3v) is 4.20. The van der Waals surface area contributed by atoms with Crippen LogP contribution in [0.1, 0.15) is 41.5 Å². The average Bonchev–Trinajstić information content (AvgIpc) is 2.80. The van der Waals surface area contributed by atoms with E-state index >= 15 is 0 Å². The number of aliphatic hydroxyl groups is 1. The highest BCUT2D eigenvalue weighted by Crippen LogP contribution is 2.23. The molecule has 0 saturated carbocycles. The second kappa shape index (κ2) is 4.80. The number of hydrogen-bond donors (Lipinski definition) is 1. The van der Waals surface area contributed by atoms with Crippen LogP contribution < -0.4 is 0 Å². The highest BCUT2D eigenvalue weighted by atomic mass is 16.3. The number of piperidine rings is 1. The van der Waals surface area contributed by atoms with Crippen LogP contribution in [0, 0.1) is 13.8 Å². The Morgan fingerprint density at radius 1 is 1.33 bits per heavy atom.